The molecule has 0 bridgehead atoms. The molecule has 0 saturated carbocycles. The number of rotatable bonds is 5. The number of carbonyl (C=O) groups excluding carboxylic acids is 1. The Hall–Kier alpha value is -3.35. The summed E-state index contributed by atoms with van der Waals surface area (Å²) in [5, 5.41) is 7.62. The number of carbonyl (C=O) groups is 1. The number of aryl methyl sites for hydroxylation is 2. The van der Waals surface area contributed by atoms with Crippen LogP contribution in [0, 0.1) is 0 Å². The van der Waals surface area contributed by atoms with Crippen molar-refractivity contribution in [3.8, 4) is 5.75 Å². The van der Waals surface area contributed by atoms with Crippen LogP contribution < -0.4 is 15.0 Å². The number of hydrogen-bond donors (Lipinski definition) is 1. The lowest BCUT2D eigenvalue weighted by Gasteiger charge is -2.23. The van der Waals surface area contributed by atoms with Crippen molar-refractivity contribution in [2.24, 2.45) is 0 Å². The number of para-hydroxylation sites is 3. The number of methoxy groups -OCH3 is 1. The van der Waals surface area contributed by atoms with Crippen LogP contribution in [0.3, 0.4) is 0 Å². The highest BCUT2D eigenvalue weighted by Gasteiger charge is 2.23. The van der Waals surface area contributed by atoms with Crippen molar-refractivity contribution in [2.75, 3.05) is 17.3 Å². The summed E-state index contributed by atoms with van der Waals surface area (Å²) in [5.74, 6) is 2.26. The van der Waals surface area contributed by atoms with E-state index in [1.807, 2.05) is 59.3 Å². The quantitative estimate of drug-likeness (QED) is 0.706. The van der Waals surface area contributed by atoms with Gasteiger partial charge in [-0.05, 0) is 37.1 Å². The SMILES string of the molecule is COc1ccccc1N(Cc1nc2n(n1)CCCCC2)C(=O)Nc1ccccc1. The number of fused-ring (bicyclic) bond motifs is 1. The lowest BCUT2D eigenvalue weighted by atomic mass is 10.2. The average Bonchev–Trinajstić information content (AvgIpc) is 3.01. The van der Waals surface area contributed by atoms with E-state index in [0.717, 1.165) is 37.3 Å². The molecule has 3 aromatic rings. The van der Waals surface area contributed by atoms with Gasteiger partial charge in [0.2, 0.25) is 0 Å². The fourth-order valence-corrected chi connectivity index (χ4v) is 3.55. The average molecular weight is 391 g/mol. The fraction of sp³-hybridized carbons (Fsp3) is 0.318. The molecule has 4 rings (SSSR count). The summed E-state index contributed by atoms with van der Waals surface area (Å²) in [7, 11) is 1.60. The van der Waals surface area contributed by atoms with E-state index < -0.39 is 0 Å². The number of amides is 2. The van der Waals surface area contributed by atoms with Gasteiger partial charge in [-0.2, -0.15) is 5.10 Å². The first-order valence-corrected chi connectivity index (χ1v) is 9.94. The van der Waals surface area contributed by atoms with Gasteiger partial charge in [-0.15, -0.1) is 0 Å². The summed E-state index contributed by atoms with van der Waals surface area (Å²) < 4.78 is 7.48. The second kappa shape index (κ2) is 8.77. The molecule has 0 unspecified atom stereocenters. The predicted octanol–water partition coefficient (Wildman–Crippen LogP) is 4.25. The molecule has 1 aliphatic rings. The highest BCUT2D eigenvalue weighted by Crippen LogP contribution is 2.29. The number of nitrogens with zero attached hydrogens (tertiary/aromatic N) is 4. The van der Waals surface area contributed by atoms with E-state index in [1.165, 1.54) is 6.42 Å². The summed E-state index contributed by atoms with van der Waals surface area (Å²) in [6, 6.07) is 16.6. The molecule has 7 heteroatoms. The Bertz CT molecular complexity index is 947. The normalized spacial score (nSPS) is 13.3. The van der Waals surface area contributed by atoms with Gasteiger partial charge in [-0.25, -0.2) is 14.5 Å². The van der Waals surface area contributed by atoms with Crippen LogP contribution in [0.25, 0.3) is 0 Å². The van der Waals surface area contributed by atoms with Crippen LogP contribution in [0.15, 0.2) is 54.6 Å². The maximum Gasteiger partial charge on any atom is 0.326 e. The summed E-state index contributed by atoms with van der Waals surface area (Å²) in [5.41, 5.74) is 1.40. The number of nitrogens with one attached hydrogen (secondary N) is 1. The van der Waals surface area contributed by atoms with Gasteiger partial charge in [0.15, 0.2) is 5.82 Å². The van der Waals surface area contributed by atoms with Gasteiger partial charge in [0.05, 0.1) is 19.3 Å². The minimum atomic E-state index is -0.259. The molecule has 1 aromatic heterocycles. The van der Waals surface area contributed by atoms with Gasteiger partial charge in [-0.3, -0.25) is 4.90 Å². The Kier molecular flexibility index (Phi) is 5.74. The molecule has 150 valence electrons. The topological polar surface area (TPSA) is 72.3 Å². The Morgan fingerprint density at radius 2 is 1.90 bits per heavy atom. The molecule has 2 amide bonds. The third-order valence-corrected chi connectivity index (χ3v) is 5.01. The Morgan fingerprint density at radius 3 is 2.72 bits per heavy atom. The van der Waals surface area contributed by atoms with Crippen molar-refractivity contribution in [1.82, 2.24) is 14.8 Å². The zero-order chi connectivity index (χ0) is 20.1. The zero-order valence-corrected chi connectivity index (χ0v) is 16.5. The fourth-order valence-electron chi connectivity index (χ4n) is 3.55. The molecule has 29 heavy (non-hydrogen) atoms. The zero-order valence-electron chi connectivity index (χ0n) is 16.5. The molecule has 1 N–H and O–H groups in total. The van der Waals surface area contributed by atoms with Crippen molar-refractivity contribution >= 4 is 17.4 Å². The molecule has 7 nitrogen and oxygen atoms in total. The van der Waals surface area contributed by atoms with E-state index in [0.29, 0.717) is 17.3 Å². The summed E-state index contributed by atoms with van der Waals surface area (Å²) in [4.78, 5) is 19.5. The number of hydrogen-bond acceptors (Lipinski definition) is 4. The molecule has 2 heterocycles. The molecule has 2 aromatic carbocycles. The lowest BCUT2D eigenvalue weighted by molar-refractivity contribution is 0.256. The summed E-state index contributed by atoms with van der Waals surface area (Å²) >= 11 is 0. The molecule has 1 aliphatic heterocycles. The van der Waals surface area contributed by atoms with Crippen LogP contribution in [-0.2, 0) is 19.5 Å². The van der Waals surface area contributed by atoms with Crippen molar-refractivity contribution in [3.63, 3.8) is 0 Å². The van der Waals surface area contributed by atoms with Crippen LogP contribution in [0.4, 0.5) is 16.2 Å². The van der Waals surface area contributed by atoms with Crippen molar-refractivity contribution < 1.29 is 9.53 Å². The lowest BCUT2D eigenvalue weighted by Crippen LogP contribution is -2.35. The van der Waals surface area contributed by atoms with Crippen molar-refractivity contribution in [1.29, 1.82) is 0 Å². The predicted molar refractivity (Wildman–Crippen MR) is 112 cm³/mol. The maximum absolute atomic E-state index is 13.2. The van der Waals surface area contributed by atoms with E-state index in [2.05, 4.69) is 10.4 Å². The minimum Gasteiger partial charge on any atom is -0.495 e. The van der Waals surface area contributed by atoms with E-state index in [9.17, 15) is 4.79 Å². The standard InChI is InChI=1S/C22H25N5O2/c1-29-19-13-8-7-12-18(19)26(22(28)23-17-10-4-2-5-11-17)16-20-24-21-14-6-3-9-15-27(21)25-20/h2,4-5,7-8,10-13H,3,6,9,14-16H2,1H3,(H,23,28). The second-order valence-electron chi connectivity index (χ2n) is 7.03. The van der Waals surface area contributed by atoms with E-state index in [4.69, 9.17) is 9.72 Å². The first-order valence-electron chi connectivity index (χ1n) is 9.94. The number of benzene rings is 2. The molecular formula is C22H25N5O2. The van der Waals surface area contributed by atoms with E-state index in [1.54, 1.807) is 12.0 Å². The highest BCUT2D eigenvalue weighted by atomic mass is 16.5. The number of urea groups is 1. The monoisotopic (exact) mass is 391 g/mol. The van der Waals surface area contributed by atoms with Gasteiger partial charge >= 0.3 is 6.03 Å². The molecular weight excluding hydrogens is 366 g/mol. The van der Waals surface area contributed by atoms with Crippen LogP contribution in [0.2, 0.25) is 0 Å². The first-order chi connectivity index (χ1) is 14.2. The third kappa shape index (κ3) is 4.39. The van der Waals surface area contributed by atoms with E-state index >= 15 is 0 Å². The molecule has 0 fully saturated rings. The van der Waals surface area contributed by atoms with Gasteiger partial charge in [0, 0.05) is 18.7 Å². The van der Waals surface area contributed by atoms with Crippen LogP contribution in [-0.4, -0.2) is 27.9 Å². The molecule has 0 atom stereocenters. The number of ether oxygens (including phenoxy) is 1. The van der Waals surface area contributed by atoms with Gasteiger partial charge in [0.25, 0.3) is 0 Å². The van der Waals surface area contributed by atoms with Gasteiger partial charge < -0.3 is 10.1 Å². The smallest absolute Gasteiger partial charge is 0.326 e. The summed E-state index contributed by atoms with van der Waals surface area (Å²) in [6.07, 6.45) is 4.37. The Morgan fingerprint density at radius 1 is 1.10 bits per heavy atom. The third-order valence-electron chi connectivity index (χ3n) is 5.01. The van der Waals surface area contributed by atoms with Crippen LogP contribution >= 0.6 is 0 Å². The highest BCUT2D eigenvalue weighted by molar-refractivity contribution is 6.02. The minimum absolute atomic E-state index is 0.259. The molecule has 0 aliphatic carbocycles. The second-order valence-corrected chi connectivity index (χ2v) is 7.03. The van der Waals surface area contributed by atoms with Gasteiger partial charge in [0.1, 0.15) is 11.6 Å². The summed E-state index contributed by atoms with van der Waals surface area (Å²) in [6.45, 7) is 1.15. The molecule has 0 saturated heterocycles. The van der Waals surface area contributed by atoms with E-state index in [-0.39, 0.29) is 12.6 Å². The Labute approximate surface area is 170 Å². The first kappa shape index (κ1) is 19.0. The molecule has 0 spiro atoms. The van der Waals surface area contributed by atoms with Crippen LogP contribution in [0.1, 0.15) is 30.9 Å². The van der Waals surface area contributed by atoms with Crippen LogP contribution in [0.5, 0.6) is 5.75 Å². The maximum atomic E-state index is 13.2. The Balaban J connectivity index is 1.64. The number of anilines is 2. The molecule has 0 radical (unpaired) electrons. The number of aromatic nitrogens is 3. The van der Waals surface area contributed by atoms with Crippen molar-refractivity contribution in [3.05, 3.63) is 66.2 Å². The largest absolute Gasteiger partial charge is 0.495 e. The van der Waals surface area contributed by atoms with Crippen molar-refractivity contribution in [2.45, 2.75) is 38.8 Å². The van der Waals surface area contributed by atoms with Gasteiger partial charge in [-0.1, -0.05) is 36.8 Å².